The van der Waals surface area contributed by atoms with E-state index in [1.54, 1.807) is 33.6 Å². The number of benzene rings is 2. The molecule has 5 heterocycles. The first-order chi connectivity index (χ1) is 19.4. The van der Waals surface area contributed by atoms with Gasteiger partial charge in [-0.25, -0.2) is 9.67 Å². The molecule has 5 aromatic rings. The fourth-order valence-corrected chi connectivity index (χ4v) is 6.64. The second-order valence-corrected chi connectivity index (χ2v) is 11.4. The smallest absolute Gasteiger partial charge is 0.251 e. The Balaban J connectivity index is 1.16. The number of nitrogens with one attached hydrogen (secondary N) is 1. The summed E-state index contributed by atoms with van der Waals surface area (Å²) in [6, 6.07) is 14.5. The number of hydrogen-bond donors (Lipinski definition) is 1. The number of allylic oxidation sites excluding steroid dienone is 1. The lowest BCUT2D eigenvalue weighted by atomic mass is 9.97. The van der Waals surface area contributed by atoms with Crippen LogP contribution in [-0.4, -0.2) is 35.5 Å². The molecule has 3 aromatic heterocycles. The summed E-state index contributed by atoms with van der Waals surface area (Å²) in [5.74, 6) is -0.0513. The summed E-state index contributed by atoms with van der Waals surface area (Å²) in [5, 5.41) is 17.1. The van der Waals surface area contributed by atoms with Gasteiger partial charge in [0, 0.05) is 57.1 Å². The molecule has 3 unspecified atom stereocenters. The molecule has 0 saturated heterocycles. The number of fused-ring (bicyclic) bond motifs is 4. The van der Waals surface area contributed by atoms with Crippen LogP contribution in [0.25, 0.3) is 33.3 Å². The Kier molecular flexibility index (Phi) is 5.03. The number of rotatable bonds is 4. The number of nitrogens with zero attached hydrogens (tertiary/aromatic N) is 6. The predicted octanol–water partition coefficient (Wildman–Crippen LogP) is 6.43. The number of aryl methyl sites for hydroxylation is 1. The minimum absolute atomic E-state index is 0.155. The standard InChI is InChI=1S/C29H20Cl2FN7O/c1-13-17-4-2-14(6-22(17)35-34-13)19-11-23(33-29(19)32)28-21-10-20(21)25-7-15(8-27(40)39(25)28)18-9-16(30)3-5-24(18)38-12-26(31)36-37-38/h2-9,12,20-21,28H,10-11H2,1H3,(H,34,35). The van der Waals surface area contributed by atoms with E-state index in [1.807, 2.05) is 37.3 Å². The van der Waals surface area contributed by atoms with E-state index in [2.05, 4.69) is 25.5 Å². The molecule has 8 nitrogen and oxygen atoms in total. The van der Waals surface area contributed by atoms with E-state index >= 15 is 4.39 Å². The highest BCUT2D eigenvalue weighted by Gasteiger charge is 2.55. The van der Waals surface area contributed by atoms with Gasteiger partial charge in [-0.2, -0.15) is 9.49 Å². The number of pyridine rings is 1. The van der Waals surface area contributed by atoms with Crippen molar-refractivity contribution in [3.05, 3.63) is 98.2 Å². The van der Waals surface area contributed by atoms with Crippen molar-refractivity contribution in [3.8, 4) is 16.8 Å². The zero-order valence-corrected chi connectivity index (χ0v) is 22.6. The van der Waals surface area contributed by atoms with Gasteiger partial charge in [0.05, 0.1) is 23.4 Å². The topological polar surface area (TPSA) is 93.8 Å². The summed E-state index contributed by atoms with van der Waals surface area (Å²) < 4.78 is 18.6. The Morgan fingerprint density at radius 1 is 1.07 bits per heavy atom. The lowest BCUT2D eigenvalue weighted by Crippen LogP contribution is -2.29. The summed E-state index contributed by atoms with van der Waals surface area (Å²) in [6.07, 6.45) is 2.89. The average Bonchev–Trinajstić information content (AvgIpc) is 3.21. The van der Waals surface area contributed by atoms with Crippen molar-refractivity contribution < 1.29 is 4.39 Å². The SMILES string of the molecule is Cc1[nH]nc2cc(C3=C(F)N=C(C4C5CC5c5cc(-c6cc(Cl)ccc6-n6cc(Cl)nn6)cc(=O)n54)C3)ccc12. The van der Waals surface area contributed by atoms with Crippen molar-refractivity contribution in [3.63, 3.8) is 0 Å². The summed E-state index contributed by atoms with van der Waals surface area (Å²) in [6.45, 7) is 1.95. The quantitative estimate of drug-likeness (QED) is 0.251. The number of H-pyrrole nitrogens is 1. The molecule has 0 radical (unpaired) electrons. The summed E-state index contributed by atoms with van der Waals surface area (Å²) in [4.78, 5) is 18.0. The van der Waals surface area contributed by atoms with Crippen molar-refractivity contribution in [1.29, 1.82) is 0 Å². The Bertz CT molecular complexity index is 2020. The van der Waals surface area contributed by atoms with E-state index in [0.717, 1.165) is 45.4 Å². The van der Waals surface area contributed by atoms with Gasteiger partial charge in [0.2, 0.25) is 5.95 Å². The fourth-order valence-electron chi connectivity index (χ4n) is 6.34. The second kappa shape index (κ2) is 8.46. The molecular weight excluding hydrogens is 552 g/mol. The molecule has 1 aliphatic carbocycles. The van der Waals surface area contributed by atoms with Crippen LogP contribution in [-0.2, 0) is 0 Å². The maximum Gasteiger partial charge on any atom is 0.251 e. The van der Waals surface area contributed by atoms with Crippen LogP contribution in [0.2, 0.25) is 10.2 Å². The summed E-state index contributed by atoms with van der Waals surface area (Å²) in [7, 11) is 0. The fraction of sp³-hybridized carbons (Fsp3) is 0.207. The van der Waals surface area contributed by atoms with Crippen LogP contribution in [0, 0.1) is 12.8 Å². The molecule has 8 rings (SSSR count). The molecule has 2 aliphatic heterocycles. The first kappa shape index (κ1) is 23.8. The molecule has 0 amide bonds. The van der Waals surface area contributed by atoms with Crippen LogP contribution < -0.4 is 5.56 Å². The maximum atomic E-state index is 15.3. The summed E-state index contributed by atoms with van der Waals surface area (Å²) >= 11 is 12.4. The second-order valence-electron chi connectivity index (χ2n) is 10.6. The van der Waals surface area contributed by atoms with E-state index in [1.165, 1.54) is 0 Å². The van der Waals surface area contributed by atoms with Crippen molar-refractivity contribution >= 4 is 45.4 Å². The van der Waals surface area contributed by atoms with Crippen molar-refractivity contribution in [1.82, 2.24) is 29.8 Å². The third-order valence-corrected chi connectivity index (χ3v) is 8.68. The van der Waals surface area contributed by atoms with Crippen molar-refractivity contribution in [2.24, 2.45) is 10.9 Å². The monoisotopic (exact) mass is 571 g/mol. The van der Waals surface area contributed by atoms with Crippen molar-refractivity contribution in [2.45, 2.75) is 31.7 Å². The van der Waals surface area contributed by atoms with Crippen LogP contribution in [0.15, 0.2) is 70.5 Å². The Morgan fingerprint density at radius 2 is 1.95 bits per heavy atom. The highest BCUT2D eigenvalue weighted by atomic mass is 35.5. The van der Waals surface area contributed by atoms with Gasteiger partial charge in [-0.1, -0.05) is 40.5 Å². The van der Waals surface area contributed by atoms with Crippen LogP contribution in [0.5, 0.6) is 0 Å². The zero-order valence-electron chi connectivity index (χ0n) is 21.1. The Morgan fingerprint density at radius 3 is 2.77 bits per heavy atom. The van der Waals surface area contributed by atoms with Gasteiger partial charge in [0.1, 0.15) is 0 Å². The normalized spacial score (nSPS) is 21.2. The molecule has 40 heavy (non-hydrogen) atoms. The number of hydrogen-bond acceptors (Lipinski definition) is 5. The lowest BCUT2D eigenvalue weighted by Gasteiger charge is -2.20. The molecule has 2 aromatic carbocycles. The van der Waals surface area contributed by atoms with E-state index in [-0.39, 0.29) is 28.6 Å². The van der Waals surface area contributed by atoms with Gasteiger partial charge in [-0.3, -0.25) is 9.89 Å². The largest absolute Gasteiger partial charge is 0.303 e. The molecular formula is C29H20Cl2FN7O. The Hall–Kier alpha value is -4.08. The zero-order chi connectivity index (χ0) is 27.3. The molecule has 0 spiro atoms. The van der Waals surface area contributed by atoms with E-state index in [4.69, 9.17) is 23.2 Å². The molecule has 3 atom stereocenters. The predicted molar refractivity (Wildman–Crippen MR) is 152 cm³/mol. The van der Waals surface area contributed by atoms with Crippen LogP contribution in [0.3, 0.4) is 0 Å². The highest BCUT2D eigenvalue weighted by molar-refractivity contribution is 6.31. The first-order valence-electron chi connectivity index (χ1n) is 12.9. The lowest BCUT2D eigenvalue weighted by molar-refractivity contribution is 0.579. The van der Waals surface area contributed by atoms with Gasteiger partial charge >= 0.3 is 0 Å². The minimum Gasteiger partial charge on any atom is -0.303 e. The molecule has 1 fully saturated rings. The minimum atomic E-state index is -0.494. The molecule has 1 saturated carbocycles. The first-order valence-corrected chi connectivity index (χ1v) is 13.7. The molecule has 1 N–H and O–H groups in total. The number of aromatic nitrogens is 6. The molecule has 0 bridgehead atoms. The third-order valence-electron chi connectivity index (χ3n) is 8.27. The van der Waals surface area contributed by atoms with Gasteiger partial charge < -0.3 is 4.57 Å². The number of aliphatic imine (C=N–C) groups is 1. The van der Waals surface area contributed by atoms with Gasteiger partial charge in [-0.15, -0.1) is 5.10 Å². The van der Waals surface area contributed by atoms with E-state index in [0.29, 0.717) is 28.4 Å². The molecule has 11 heteroatoms. The van der Waals surface area contributed by atoms with Gasteiger partial charge in [0.15, 0.2) is 5.15 Å². The van der Waals surface area contributed by atoms with Gasteiger partial charge in [0.25, 0.3) is 5.56 Å². The van der Waals surface area contributed by atoms with E-state index < -0.39 is 5.95 Å². The van der Waals surface area contributed by atoms with Gasteiger partial charge in [-0.05, 0) is 60.7 Å². The van der Waals surface area contributed by atoms with Crippen molar-refractivity contribution in [2.75, 3.05) is 0 Å². The number of aromatic amines is 1. The number of halogens is 3. The Labute approximate surface area is 236 Å². The summed E-state index contributed by atoms with van der Waals surface area (Å²) in [5.41, 5.74) is 6.68. The van der Waals surface area contributed by atoms with Crippen LogP contribution in [0.1, 0.15) is 41.8 Å². The molecule has 198 valence electrons. The maximum absolute atomic E-state index is 15.3. The average molecular weight is 572 g/mol. The molecule has 3 aliphatic rings. The van der Waals surface area contributed by atoms with Crippen LogP contribution >= 0.6 is 23.2 Å². The highest BCUT2D eigenvalue weighted by Crippen LogP contribution is 2.60. The third kappa shape index (κ3) is 3.54. The van der Waals surface area contributed by atoms with Crippen LogP contribution in [0.4, 0.5) is 4.39 Å². The van der Waals surface area contributed by atoms with E-state index in [9.17, 15) is 4.79 Å².